The molecular weight excluding hydrogens is 326 g/mol. The van der Waals surface area contributed by atoms with Crippen molar-refractivity contribution in [1.82, 2.24) is 14.8 Å². The van der Waals surface area contributed by atoms with E-state index in [0.717, 1.165) is 12.2 Å². The van der Waals surface area contributed by atoms with Gasteiger partial charge in [0.25, 0.3) is 0 Å². The first-order valence-corrected chi connectivity index (χ1v) is 8.92. The molecule has 0 unspecified atom stereocenters. The van der Waals surface area contributed by atoms with Crippen molar-refractivity contribution >= 4 is 11.9 Å². The van der Waals surface area contributed by atoms with E-state index in [1.807, 2.05) is 23.7 Å². The summed E-state index contributed by atoms with van der Waals surface area (Å²) in [6.45, 7) is 4.78. The van der Waals surface area contributed by atoms with Gasteiger partial charge in [-0.15, -0.1) is 5.10 Å². The van der Waals surface area contributed by atoms with Crippen LogP contribution in [-0.2, 0) is 0 Å². The molecular formula is C20H23N5O. The number of aromatic nitrogens is 3. The number of nitrogens with zero attached hydrogens (tertiary/aromatic N) is 3. The molecule has 6 nitrogen and oxygen atoms in total. The lowest BCUT2D eigenvalue weighted by molar-refractivity contribution is 0.340. The quantitative estimate of drug-likeness (QED) is 0.751. The first-order chi connectivity index (χ1) is 12.7. The van der Waals surface area contributed by atoms with Gasteiger partial charge in [-0.05, 0) is 49.1 Å². The number of aryl methyl sites for hydroxylation is 1. The summed E-state index contributed by atoms with van der Waals surface area (Å²) in [4.78, 5) is 4.37. The maximum Gasteiger partial charge on any atom is 0.241 e. The third-order valence-electron chi connectivity index (χ3n) is 4.85. The molecule has 0 amide bonds. The standard InChI is InChI=1S/C20H23N5O/c1-3-26-15-10-8-14(9-11-15)17-12-18(16-7-5-4-6-13(16)2)25-20(22-17)23-19(21)24-25/h4-11,17-18H,3,12H2,1-2H3,(H3,21,22,23,24)/t17-,18+/m0/s1. The summed E-state index contributed by atoms with van der Waals surface area (Å²) >= 11 is 0. The van der Waals surface area contributed by atoms with Gasteiger partial charge in [0.15, 0.2) is 0 Å². The van der Waals surface area contributed by atoms with E-state index >= 15 is 0 Å². The van der Waals surface area contributed by atoms with Gasteiger partial charge in [-0.3, -0.25) is 0 Å². The van der Waals surface area contributed by atoms with Gasteiger partial charge >= 0.3 is 0 Å². The van der Waals surface area contributed by atoms with E-state index in [-0.39, 0.29) is 12.1 Å². The van der Waals surface area contributed by atoms with Gasteiger partial charge in [-0.25, -0.2) is 4.68 Å². The summed E-state index contributed by atoms with van der Waals surface area (Å²) in [7, 11) is 0. The fraction of sp³-hybridized carbons (Fsp3) is 0.300. The van der Waals surface area contributed by atoms with Crippen molar-refractivity contribution in [2.24, 2.45) is 0 Å². The van der Waals surface area contributed by atoms with Gasteiger partial charge in [0.2, 0.25) is 11.9 Å². The zero-order chi connectivity index (χ0) is 18.1. The fourth-order valence-corrected chi connectivity index (χ4v) is 3.60. The fourth-order valence-electron chi connectivity index (χ4n) is 3.60. The molecule has 0 bridgehead atoms. The summed E-state index contributed by atoms with van der Waals surface area (Å²) in [6.07, 6.45) is 0.870. The first kappa shape index (κ1) is 16.4. The van der Waals surface area contributed by atoms with Gasteiger partial charge < -0.3 is 15.8 Å². The first-order valence-electron chi connectivity index (χ1n) is 8.92. The van der Waals surface area contributed by atoms with Gasteiger partial charge in [-0.2, -0.15) is 4.98 Å². The molecule has 1 aliphatic heterocycles. The zero-order valence-corrected chi connectivity index (χ0v) is 15.0. The molecule has 4 rings (SSSR count). The number of ether oxygens (including phenoxy) is 1. The molecule has 0 saturated heterocycles. The number of anilines is 2. The molecule has 2 atom stereocenters. The molecule has 134 valence electrons. The Morgan fingerprint density at radius 2 is 1.96 bits per heavy atom. The highest BCUT2D eigenvalue weighted by Gasteiger charge is 2.31. The third kappa shape index (κ3) is 2.98. The highest BCUT2D eigenvalue weighted by Crippen LogP contribution is 2.39. The van der Waals surface area contributed by atoms with Crippen LogP contribution in [0.3, 0.4) is 0 Å². The molecule has 3 N–H and O–H groups in total. The van der Waals surface area contributed by atoms with Crippen LogP contribution in [0.5, 0.6) is 5.75 Å². The van der Waals surface area contributed by atoms with Crippen molar-refractivity contribution in [3.8, 4) is 5.75 Å². The van der Waals surface area contributed by atoms with Crippen molar-refractivity contribution < 1.29 is 4.74 Å². The van der Waals surface area contributed by atoms with Crippen molar-refractivity contribution in [2.45, 2.75) is 32.4 Å². The SMILES string of the molecule is CCOc1ccc([C@@H]2C[C@H](c3ccccc3C)n3nc(N)nc3N2)cc1. The molecule has 2 heterocycles. The van der Waals surface area contributed by atoms with E-state index in [2.05, 4.69) is 58.7 Å². The molecule has 0 radical (unpaired) electrons. The van der Waals surface area contributed by atoms with Gasteiger partial charge in [0.05, 0.1) is 18.7 Å². The smallest absolute Gasteiger partial charge is 0.241 e. The molecule has 3 aromatic rings. The lowest BCUT2D eigenvalue weighted by Crippen LogP contribution is -2.28. The Hall–Kier alpha value is -3.02. The Kier molecular flexibility index (Phi) is 4.24. The van der Waals surface area contributed by atoms with Crippen molar-refractivity contribution in [2.75, 3.05) is 17.7 Å². The zero-order valence-electron chi connectivity index (χ0n) is 15.0. The number of benzene rings is 2. The Bertz CT molecular complexity index is 903. The molecule has 0 fully saturated rings. The lowest BCUT2D eigenvalue weighted by atomic mass is 9.91. The number of fused-ring (bicyclic) bond motifs is 1. The second-order valence-corrected chi connectivity index (χ2v) is 6.55. The topological polar surface area (TPSA) is 78.0 Å². The van der Waals surface area contributed by atoms with E-state index in [0.29, 0.717) is 18.5 Å². The van der Waals surface area contributed by atoms with Gasteiger partial charge in [0.1, 0.15) is 5.75 Å². The van der Waals surface area contributed by atoms with Gasteiger partial charge in [0, 0.05) is 0 Å². The number of rotatable bonds is 4. The normalized spacial score (nSPS) is 18.8. The molecule has 0 aliphatic carbocycles. The summed E-state index contributed by atoms with van der Waals surface area (Å²) in [5.41, 5.74) is 9.56. The number of nitrogen functional groups attached to an aromatic ring is 1. The molecule has 6 heteroatoms. The van der Waals surface area contributed by atoms with Crippen LogP contribution in [0, 0.1) is 6.92 Å². The van der Waals surface area contributed by atoms with E-state index < -0.39 is 0 Å². The van der Waals surface area contributed by atoms with Crippen molar-refractivity contribution in [3.63, 3.8) is 0 Å². The summed E-state index contributed by atoms with van der Waals surface area (Å²) in [6, 6.07) is 16.9. The van der Waals surface area contributed by atoms with E-state index in [4.69, 9.17) is 10.5 Å². The Morgan fingerprint density at radius 1 is 1.19 bits per heavy atom. The molecule has 1 aliphatic rings. The van der Waals surface area contributed by atoms with Crippen molar-refractivity contribution in [1.29, 1.82) is 0 Å². The number of hydrogen-bond donors (Lipinski definition) is 2. The Labute approximate surface area is 153 Å². The molecule has 1 aromatic heterocycles. The highest BCUT2D eigenvalue weighted by atomic mass is 16.5. The van der Waals surface area contributed by atoms with E-state index in [1.165, 1.54) is 16.7 Å². The van der Waals surface area contributed by atoms with Crippen molar-refractivity contribution in [3.05, 3.63) is 65.2 Å². The van der Waals surface area contributed by atoms with Crippen LogP contribution >= 0.6 is 0 Å². The number of nitrogens with two attached hydrogens (primary N) is 1. The minimum Gasteiger partial charge on any atom is -0.494 e. The average molecular weight is 349 g/mol. The third-order valence-corrected chi connectivity index (χ3v) is 4.85. The molecule has 0 saturated carbocycles. The minimum absolute atomic E-state index is 0.0915. The predicted molar refractivity (Wildman–Crippen MR) is 102 cm³/mol. The summed E-state index contributed by atoms with van der Waals surface area (Å²) in [5.74, 6) is 1.88. The van der Waals surface area contributed by atoms with Crippen LogP contribution < -0.4 is 15.8 Å². The average Bonchev–Trinajstić information content (AvgIpc) is 3.02. The minimum atomic E-state index is 0.0915. The maximum absolute atomic E-state index is 5.87. The molecule has 0 spiro atoms. The summed E-state index contributed by atoms with van der Waals surface area (Å²) < 4.78 is 7.46. The van der Waals surface area contributed by atoms with Crippen LogP contribution in [0.25, 0.3) is 0 Å². The number of hydrogen-bond acceptors (Lipinski definition) is 5. The lowest BCUT2D eigenvalue weighted by Gasteiger charge is -2.32. The summed E-state index contributed by atoms with van der Waals surface area (Å²) in [5, 5.41) is 7.89. The molecule has 2 aromatic carbocycles. The van der Waals surface area contributed by atoms with Crippen LogP contribution in [0.1, 0.15) is 42.1 Å². The monoisotopic (exact) mass is 349 g/mol. The molecule has 26 heavy (non-hydrogen) atoms. The van der Waals surface area contributed by atoms with Gasteiger partial charge in [-0.1, -0.05) is 36.4 Å². The largest absolute Gasteiger partial charge is 0.494 e. The van der Waals surface area contributed by atoms with Crippen LogP contribution in [-0.4, -0.2) is 21.4 Å². The second-order valence-electron chi connectivity index (χ2n) is 6.55. The van der Waals surface area contributed by atoms with Crippen LogP contribution in [0.15, 0.2) is 48.5 Å². The predicted octanol–water partition coefficient (Wildman–Crippen LogP) is 3.71. The van der Waals surface area contributed by atoms with Crippen LogP contribution in [0.2, 0.25) is 0 Å². The Balaban J connectivity index is 1.70. The number of nitrogens with one attached hydrogen (secondary N) is 1. The second kappa shape index (κ2) is 6.71. The van der Waals surface area contributed by atoms with E-state index in [1.54, 1.807) is 0 Å². The van der Waals surface area contributed by atoms with Crippen LogP contribution in [0.4, 0.5) is 11.9 Å². The highest BCUT2D eigenvalue weighted by molar-refractivity contribution is 5.43. The Morgan fingerprint density at radius 3 is 2.69 bits per heavy atom. The van der Waals surface area contributed by atoms with E-state index in [9.17, 15) is 0 Å². The maximum atomic E-state index is 5.87.